The Kier molecular flexibility index (Phi) is 9.74. The van der Waals surface area contributed by atoms with Gasteiger partial charge in [0.05, 0.1) is 11.1 Å². The summed E-state index contributed by atoms with van der Waals surface area (Å²) in [4.78, 5) is 15.7. The lowest BCUT2D eigenvalue weighted by atomic mass is 9.61. The van der Waals surface area contributed by atoms with E-state index in [-0.39, 0.29) is 21.9 Å². The highest BCUT2D eigenvalue weighted by atomic mass is 15.3. The molecule has 12 aromatic rings. The summed E-state index contributed by atoms with van der Waals surface area (Å²) >= 11 is 0. The predicted molar refractivity (Wildman–Crippen MR) is 328 cm³/mol. The van der Waals surface area contributed by atoms with Crippen molar-refractivity contribution in [1.29, 1.82) is 0 Å². The molecule has 16 rings (SSSR count). The maximum atomic E-state index is 5.21. The fourth-order valence-corrected chi connectivity index (χ4v) is 16.2. The normalized spacial score (nSPS) is 22.6. The number of benzene rings is 10. The van der Waals surface area contributed by atoms with E-state index in [9.17, 15) is 0 Å². The van der Waals surface area contributed by atoms with Gasteiger partial charge in [-0.25, -0.2) is 9.97 Å². The molecule has 2 aliphatic heterocycles. The van der Waals surface area contributed by atoms with E-state index >= 15 is 0 Å². The van der Waals surface area contributed by atoms with Crippen molar-refractivity contribution in [1.82, 2.24) is 9.97 Å². The lowest BCUT2D eigenvalue weighted by Crippen LogP contribution is -2.54. The zero-order valence-electron chi connectivity index (χ0n) is 45.1. The van der Waals surface area contributed by atoms with Crippen molar-refractivity contribution >= 4 is 76.9 Å². The third-order valence-electron chi connectivity index (χ3n) is 20.6. The Labute approximate surface area is 457 Å². The fraction of sp³-hybridized carbons (Fsp3) is 0.216. The summed E-state index contributed by atoms with van der Waals surface area (Å²) in [6, 6.07) is 73.8. The molecule has 0 amide bonds. The highest BCUT2D eigenvalue weighted by molar-refractivity contribution is 6.32. The zero-order valence-corrected chi connectivity index (χ0v) is 45.1. The number of aromatic nitrogens is 2. The van der Waals surface area contributed by atoms with Gasteiger partial charge in [-0.3, -0.25) is 0 Å². The first kappa shape index (κ1) is 45.8. The third kappa shape index (κ3) is 6.12. The van der Waals surface area contributed by atoms with E-state index < -0.39 is 0 Å². The summed E-state index contributed by atoms with van der Waals surface area (Å²) in [6.07, 6.45) is 13.4. The van der Waals surface area contributed by atoms with Gasteiger partial charge >= 0.3 is 0 Å². The molecule has 10 aromatic carbocycles. The Morgan fingerprint density at radius 2 is 0.705 bits per heavy atom. The molecule has 0 spiro atoms. The molecule has 0 N–H and O–H groups in total. The number of rotatable bonds is 6. The lowest BCUT2D eigenvalue weighted by Gasteiger charge is -2.50. The van der Waals surface area contributed by atoms with E-state index in [1.807, 2.05) is 12.4 Å². The number of nitrogens with zero attached hydrogens (tertiary/aromatic N) is 4. The van der Waals surface area contributed by atoms with Gasteiger partial charge in [-0.2, -0.15) is 0 Å². The number of pyridine rings is 2. The van der Waals surface area contributed by atoms with Crippen LogP contribution in [0.4, 0.5) is 23.0 Å². The van der Waals surface area contributed by atoms with E-state index in [0.29, 0.717) is 0 Å². The lowest BCUT2D eigenvalue weighted by molar-refractivity contribution is 0.194. The minimum absolute atomic E-state index is 0.0782. The van der Waals surface area contributed by atoms with Crippen molar-refractivity contribution in [2.75, 3.05) is 9.80 Å². The highest BCUT2D eigenvalue weighted by Crippen LogP contribution is 2.64. The Morgan fingerprint density at radius 3 is 1.13 bits per heavy atom. The molecule has 2 aliphatic carbocycles. The first-order valence-corrected chi connectivity index (χ1v) is 28.6. The molecule has 2 saturated carbocycles. The minimum Gasteiger partial charge on any atom is -0.319 e. The van der Waals surface area contributed by atoms with Gasteiger partial charge in [-0.05, 0) is 187 Å². The number of hydrogen-bond donors (Lipinski definition) is 0. The summed E-state index contributed by atoms with van der Waals surface area (Å²) in [5, 5.41) is 12.7. The van der Waals surface area contributed by atoms with Gasteiger partial charge < -0.3 is 9.80 Å². The quantitative estimate of drug-likeness (QED) is 0.155. The van der Waals surface area contributed by atoms with Crippen LogP contribution in [0.25, 0.3) is 98.4 Å². The smallest absolute Gasteiger partial charge is 0.141 e. The summed E-state index contributed by atoms with van der Waals surface area (Å²) in [5.74, 6) is 2.14. The minimum atomic E-state index is -0.138. The van der Waals surface area contributed by atoms with Gasteiger partial charge in [-0.15, -0.1) is 0 Å². The molecule has 0 radical (unpaired) electrons. The molecule has 4 heteroatoms. The van der Waals surface area contributed by atoms with Crippen LogP contribution < -0.4 is 9.80 Å². The molecular weight excluding hydrogens is 945 g/mol. The second-order valence-corrected chi connectivity index (χ2v) is 24.2. The predicted octanol–water partition coefficient (Wildman–Crippen LogP) is 19.8. The Hall–Kier alpha value is -8.34. The number of hydrogen-bond acceptors (Lipinski definition) is 4. The first-order chi connectivity index (χ1) is 38.2. The van der Waals surface area contributed by atoms with Crippen molar-refractivity contribution in [3.05, 3.63) is 218 Å². The van der Waals surface area contributed by atoms with E-state index in [1.165, 1.54) is 147 Å². The average molecular weight is 1010 g/mol. The van der Waals surface area contributed by atoms with Crippen LogP contribution in [0.1, 0.15) is 90.2 Å². The van der Waals surface area contributed by atoms with Crippen LogP contribution in [0.3, 0.4) is 0 Å². The molecule has 2 aromatic heterocycles. The highest BCUT2D eigenvalue weighted by Gasteiger charge is 2.59. The number of fused-ring (bicyclic) bond motifs is 8. The first-order valence-electron chi connectivity index (χ1n) is 28.6. The molecule has 4 atom stereocenters. The standard InChI is InChI=1S/C74H62N4/c1-71-37-15-17-39-73(71,3)77(69-53-25-13-11-23-49(53)35-41-75-69)65-33-27-51(43-63(65)71)61-45-59(47-19-7-5-8-20-47)55-30-32-58-62(46-60(48-21-9-6-10-22-48)56-29-31-57(61)67(55)68(56)58)52-28-34-66-64(44-52)72(2)38-16-18-40-74(72,4)78(66)70-54-26-14-12-24-50(54)36-42-76-70/h5-14,19-36,41-46H,15-18,37-40H2,1-4H3. The maximum Gasteiger partial charge on any atom is 0.141 e. The second-order valence-electron chi connectivity index (χ2n) is 24.2. The topological polar surface area (TPSA) is 32.3 Å². The molecule has 0 bridgehead atoms. The Morgan fingerprint density at radius 1 is 0.333 bits per heavy atom. The van der Waals surface area contributed by atoms with Gasteiger partial charge in [0.2, 0.25) is 0 Å². The monoisotopic (exact) mass is 1010 g/mol. The Balaban J connectivity index is 0.948. The van der Waals surface area contributed by atoms with Crippen LogP contribution in [-0.2, 0) is 10.8 Å². The van der Waals surface area contributed by atoms with E-state index in [1.54, 1.807) is 0 Å². The number of anilines is 4. The van der Waals surface area contributed by atoms with Crippen LogP contribution in [0.5, 0.6) is 0 Å². The van der Waals surface area contributed by atoms with Gasteiger partial charge in [0, 0.05) is 45.4 Å². The van der Waals surface area contributed by atoms with Crippen molar-refractivity contribution in [2.24, 2.45) is 0 Å². The molecule has 4 nitrogen and oxygen atoms in total. The summed E-state index contributed by atoms with van der Waals surface area (Å²) in [5.41, 5.74) is 15.1. The van der Waals surface area contributed by atoms with Gasteiger partial charge in [0.25, 0.3) is 0 Å². The summed E-state index contributed by atoms with van der Waals surface area (Å²) in [7, 11) is 0. The van der Waals surface area contributed by atoms with Crippen LogP contribution in [0.15, 0.2) is 207 Å². The average Bonchev–Trinajstić information content (AvgIpc) is 3.83. The summed E-state index contributed by atoms with van der Waals surface area (Å²) < 4.78 is 0. The van der Waals surface area contributed by atoms with Crippen molar-refractivity contribution in [3.8, 4) is 44.5 Å². The molecule has 4 heterocycles. The van der Waals surface area contributed by atoms with E-state index in [4.69, 9.17) is 9.97 Å². The third-order valence-corrected chi connectivity index (χ3v) is 20.6. The zero-order chi connectivity index (χ0) is 52.1. The van der Waals surface area contributed by atoms with Gasteiger partial charge in [0.15, 0.2) is 0 Å². The van der Waals surface area contributed by atoms with Crippen LogP contribution in [0.2, 0.25) is 0 Å². The molecule has 4 unspecified atom stereocenters. The van der Waals surface area contributed by atoms with Crippen molar-refractivity contribution in [3.63, 3.8) is 0 Å². The molecule has 378 valence electrons. The SMILES string of the molecule is CC12CCCCC1(C)N(c1nccc3ccccc13)c1ccc(-c3cc(-c4ccccc4)c4ccc5c(-c6ccc7c(c6)C6(C)CCCCC6(C)N7c6nccc7ccccc67)cc(-c6ccccc6)c6ccc3c4c65)cc12. The molecular formula is C74H62N4. The van der Waals surface area contributed by atoms with Crippen LogP contribution in [0, 0.1) is 0 Å². The summed E-state index contributed by atoms with van der Waals surface area (Å²) in [6.45, 7) is 10.2. The van der Waals surface area contributed by atoms with Gasteiger partial charge in [-0.1, -0.05) is 185 Å². The Bertz CT molecular complexity index is 4140. The van der Waals surface area contributed by atoms with Crippen LogP contribution >= 0.6 is 0 Å². The van der Waals surface area contributed by atoms with Crippen molar-refractivity contribution in [2.45, 2.75) is 101 Å². The molecule has 4 aliphatic rings. The molecule has 78 heavy (non-hydrogen) atoms. The molecule has 2 fully saturated rings. The second kappa shape index (κ2) is 16.6. The van der Waals surface area contributed by atoms with E-state index in [2.05, 4.69) is 232 Å². The molecule has 0 saturated heterocycles. The van der Waals surface area contributed by atoms with Crippen LogP contribution in [-0.4, -0.2) is 21.0 Å². The largest absolute Gasteiger partial charge is 0.319 e. The maximum absolute atomic E-state index is 5.21. The fourth-order valence-electron chi connectivity index (χ4n) is 16.2. The van der Waals surface area contributed by atoms with Crippen molar-refractivity contribution < 1.29 is 0 Å². The van der Waals surface area contributed by atoms with E-state index in [0.717, 1.165) is 37.3 Å². The van der Waals surface area contributed by atoms with Gasteiger partial charge in [0.1, 0.15) is 11.6 Å².